The molecule has 0 aliphatic rings. The smallest absolute Gasteiger partial charge is 0.410 e. The lowest BCUT2D eigenvalue weighted by atomic mass is 10.1. The van der Waals surface area contributed by atoms with Gasteiger partial charge in [-0.05, 0) is 32.9 Å². The summed E-state index contributed by atoms with van der Waals surface area (Å²) in [4.78, 5) is 17.7. The number of amides is 1. The van der Waals surface area contributed by atoms with E-state index in [0.29, 0.717) is 6.54 Å². The maximum Gasteiger partial charge on any atom is 0.410 e. The van der Waals surface area contributed by atoms with Crippen molar-refractivity contribution in [3.63, 3.8) is 0 Å². The first-order valence-electron chi connectivity index (χ1n) is 7.57. The SMILES string of the molecule is CN=C(NCCSC)NCC(C)CN(C)C(=O)OC(C)(C)C. The first-order chi connectivity index (χ1) is 10.2. The Labute approximate surface area is 139 Å². The highest BCUT2D eigenvalue weighted by Gasteiger charge is 2.20. The van der Waals surface area contributed by atoms with Crippen molar-refractivity contribution in [3.8, 4) is 0 Å². The molecule has 1 amide bonds. The van der Waals surface area contributed by atoms with E-state index in [-0.39, 0.29) is 12.0 Å². The number of hydrogen-bond acceptors (Lipinski definition) is 4. The van der Waals surface area contributed by atoms with Crippen molar-refractivity contribution in [1.82, 2.24) is 15.5 Å². The van der Waals surface area contributed by atoms with Gasteiger partial charge in [0.1, 0.15) is 5.60 Å². The molecule has 7 heteroatoms. The van der Waals surface area contributed by atoms with Gasteiger partial charge in [-0.1, -0.05) is 6.92 Å². The molecule has 6 nitrogen and oxygen atoms in total. The van der Waals surface area contributed by atoms with Gasteiger partial charge >= 0.3 is 6.09 Å². The van der Waals surface area contributed by atoms with E-state index in [9.17, 15) is 4.79 Å². The van der Waals surface area contributed by atoms with Crippen LogP contribution in [0.4, 0.5) is 4.79 Å². The van der Waals surface area contributed by atoms with E-state index in [0.717, 1.165) is 24.8 Å². The van der Waals surface area contributed by atoms with Crippen LogP contribution in [0.3, 0.4) is 0 Å². The molecule has 0 radical (unpaired) electrons. The van der Waals surface area contributed by atoms with Crippen LogP contribution < -0.4 is 10.6 Å². The molecule has 0 aromatic carbocycles. The molecule has 0 saturated heterocycles. The van der Waals surface area contributed by atoms with Crippen LogP contribution >= 0.6 is 11.8 Å². The molecule has 0 fully saturated rings. The van der Waals surface area contributed by atoms with Crippen molar-refractivity contribution in [1.29, 1.82) is 0 Å². The fourth-order valence-corrected chi connectivity index (χ4v) is 2.02. The van der Waals surface area contributed by atoms with Crippen molar-refractivity contribution >= 4 is 23.8 Å². The van der Waals surface area contributed by atoms with Crippen LogP contribution in [0.2, 0.25) is 0 Å². The summed E-state index contributed by atoms with van der Waals surface area (Å²) in [6.07, 6.45) is 1.79. The first kappa shape index (κ1) is 20.9. The fourth-order valence-electron chi connectivity index (χ4n) is 1.71. The predicted molar refractivity (Wildman–Crippen MR) is 95.8 cm³/mol. The van der Waals surface area contributed by atoms with Gasteiger partial charge in [0.2, 0.25) is 0 Å². The summed E-state index contributed by atoms with van der Waals surface area (Å²) in [5, 5.41) is 6.52. The van der Waals surface area contributed by atoms with Gasteiger partial charge in [0, 0.05) is 39.5 Å². The van der Waals surface area contributed by atoms with Crippen molar-refractivity contribution in [2.24, 2.45) is 10.9 Å². The van der Waals surface area contributed by atoms with E-state index in [2.05, 4.69) is 28.8 Å². The second-order valence-electron chi connectivity index (χ2n) is 6.34. The van der Waals surface area contributed by atoms with Gasteiger partial charge < -0.3 is 20.3 Å². The number of carbonyl (C=O) groups is 1. The Hall–Kier alpha value is -1.11. The number of thioether (sulfide) groups is 1. The Morgan fingerprint density at radius 2 is 2.00 bits per heavy atom. The maximum absolute atomic E-state index is 11.9. The van der Waals surface area contributed by atoms with Gasteiger partial charge in [-0.3, -0.25) is 4.99 Å². The third-order valence-electron chi connectivity index (χ3n) is 2.73. The van der Waals surface area contributed by atoms with Crippen molar-refractivity contribution in [3.05, 3.63) is 0 Å². The van der Waals surface area contributed by atoms with Crippen molar-refractivity contribution < 1.29 is 9.53 Å². The molecule has 0 aliphatic heterocycles. The Morgan fingerprint density at radius 1 is 1.36 bits per heavy atom. The Bertz CT molecular complexity index is 356. The normalized spacial score (nSPS) is 13.5. The molecule has 0 heterocycles. The van der Waals surface area contributed by atoms with E-state index >= 15 is 0 Å². The lowest BCUT2D eigenvalue weighted by molar-refractivity contribution is 0.0278. The summed E-state index contributed by atoms with van der Waals surface area (Å²) in [6.45, 7) is 9.95. The minimum absolute atomic E-state index is 0.289. The highest BCUT2D eigenvalue weighted by Crippen LogP contribution is 2.10. The average molecular weight is 333 g/mol. The molecular weight excluding hydrogens is 300 g/mol. The maximum atomic E-state index is 11.9. The molecule has 0 spiro atoms. The quantitative estimate of drug-likeness (QED) is 0.424. The number of carbonyl (C=O) groups excluding carboxylic acids is 1. The summed E-state index contributed by atoms with van der Waals surface area (Å²) in [5.74, 6) is 2.12. The topological polar surface area (TPSA) is 66.0 Å². The van der Waals surface area contributed by atoms with Crippen LogP contribution in [0.15, 0.2) is 4.99 Å². The van der Waals surface area contributed by atoms with Crippen LogP contribution in [0, 0.1) is 5.92 Å². The highest BCUT2D eigenvalue weighted by molar-refractivity contribution is 7.98. The second kappa shape index (κ2) is 10.6. The van der Waals surface area contributed by atoms with E-state index in [1.807, 2.05) is 20.8 Å². The Balaban J connectivity index is 4.11. The minimum atomic E-state index is -0.462. The van der Waals surface area contributed by atoms with Gasteiger partial charge in [-0.15, -0.1) is 0 Å². The molecule has 0 bridgehead atoms. The molecule has 0 aromatic heterocycles. The molecule has 0 aromatic rings. The van der Waals surface area contributed by atoms with Crippen molar-refractivity contribution in [2.75, 3.05) is 45.7 Å². The highest BCUT2D eigenvalue weighted by atomic mass is 32.2. The number of guanidine groups is 1. The zero-order valence-corrected chi connectivity index (χ0v) is 15.8. The molecule has 22 heavy (non-hydrogen) atoms. The van der Waals surface area contributed by atoms with Crippen LogP contribution in [0.5, 0.6) is 0 Å². The van der Waals surface area contributed by atoms with Crippen molar-refractivity contribution in [2.45, 2.75) is 33.3 Å². The van der Waals surface area contributed by atoms with E-state index < -0.39 is 5.60 Å². The minimum Gasteiger partial charge on any atom is -0.444 e. The summed E-state index contributed by atoms with van der Waals surface area (Å²) in [7, 11) is 3.52. The molecule has 2 N–H and O–H groups in total. The number of nitrogens with one attached hydrogen (secondary N) is 2. The number of rotatable bonds is 7. The van der Waals surface area contributed by atoms with Gasteiger partial charge in [-0.2, -0.15) is 11.8 Å². The van der Waals surface area contributed by atoms with E-state index in [1.54, 1.807) is 30.8 Å². The zero-order valence-electron chi connectivity index (χ0n) is 15.0. The average Bonchev–Trinajstić information content (AvgIpc) is 2.40. The molecular formula is C15H32N4O2S. The molecule has 0 aliphatic carbocycles. The van der Waals surface area contributed by atoms with Gasteiger partial charge in [-0.25, -0.2) is 4.79 Å². The number of hydrogen-bond donors (Lipinski definition) is 2. The molecule has 0 saturated carbocycles. The van der Waals surface area contributed by atoms with Gasteiger partial charge in [0.25, 0.3) is 0 Å². The third kappa shape index (κ3) is 10.6. The predicted octanol–water partition coefficient (Wildman–Crippen LogP) is 2.02. The summed E-state index contributed by atoms with van der Waals surface area (Å²) >= 11 is 1.79. The molecule has 1 atom stereocenters. The molecule has 0 rings (SSSR count). The van der Waals surface area contributed by atoms with Crippen LogP contribution in [0.1, 0.15) is 27.7 Å². The molecule has 130 valence electrons. The first-order valence-corrected chi connectivity index (χ1v) is 8.96. The lowest BCUT2D eigenvalue weighted by Gasteiger charge is -2.26. The van der Waals surface area contributed by atoms with Crippen LogP contribution in [-0.4, -0.2) is 68.3 Å². The summed E-state index contributed by atoms with van der Waals surface area (Å²) in [6, 6.07) is 0. The Morgan fingerprint density at radius 3 is 2.50 bits per heavy atom. The molecule has 1 unspecified atom stereocenters. The lowest BCUT2D eigenvalue weighted by Crippen LogP contribution is -2.43. The number of aliphatic imine (C=N–C) groups is 1. The van der Waals surface area contributed by atoms with Crippen LogP contribution in [0.25, 0.3) is 0 Å². The third-order valence-corrected chi connectivity index (χ3v) is 3.34. The monoisotopic (exact) mass is 332 g/mol. The number of nitrogens with zero attached hydrogens (tertiary/aromatic N) is 2. The van der Waals surface area contributed by atoms with Gasteiger partial charge in [0.05, 0.1) is 0 Å². The van der Waals surface area contributed by atoms with Crippen LogP contribution in [-0.2, 0) is 4.74 Å². The van der Waals surface area contributed by atoms with E-state index in [1.165, 1.54) is 0 Å². The number of ether oxygens (including phenoxy) is 1. The summed E-state index contributed by atoms with van der Waals surface area (Å²) in [5.41, 5.74) is -0.462. The largest absolute Gasteiger partial charge is 0.444 e. The standard InChI is InChI=1S/C15H32N4O2S/c1-12(10-18-13(16-5)17-8-9-22-7)11-19(6)14(20)21-15(2,3)4/h12H,8-11H2,1-7H3,(H2,16,17,18). The summed E-state index contributed by atoms with van der Waals surface area (Å²) < 4.78 is 5.34. The zero-order chi connectivity index (χ0) is 17.2. The fraction of sp³-hybridized carbons (Fsp3) is 0.867. The van der Waals surface area contributed by atoms with E-state index in [4.69, 9.17) is 4.74 Å². The Kier molecular flexibility index (Phi) is 10.1. The van der Waals surface area contributed by atoms with Gasteiger partial charge in [0.15, 0.2) is 5.96 Å². The second-order valence-corrected chi connectivity index (χ2v) is 7.32.